The van der Waals surface area contributed by atoms with E-state index in [-0.39, 0.29) is 0 Å². The molecular formula is C8H11N3O. The van der Waals surface area contributed by atoms with E-state index in [0.29, 0.717) is 11.4 Å². The Labute approximate surface area is 70.8 Å². The molecule has 0 atom stereocenters. The van der Waals surface area contributed by atoms with Crippen LogP contribution in [0.25, 0.3) is 6.08 Å². The van der Waals surface area contributed by atoms with E-state index in [4.69, 9.17) is 16.2 Å². The van der Waals surface area contributed by atoms with E-state index in [2.05, 4.69) is 4.98 Å². The Morgan fingerprint density at radius 2 is 2.33 bits per heavy atom. The van der Waals surface area contributed by atoms with Crippen LogP contribution < -0.4 is 16.2 Å². The van der Waals surface area contributed by atoms with Gasteiger partial charge in [0.1, 0.15) is 0 Å². The van der Waals surface area contributed by atoms with Gasteiger partial charge in [-0.15, -0.1) is 0 Å². The second-order valence-corrected chi connectivity index (χ2v) is 2.21. The fourth-order valence-corrected chi connectivity index (χ4v) is 0.836. The second-order valence-electron chi connectivity index (χ2n) is 2.21. The Morgan fingerprint density at radius 1 is 1.58 bits per heavy atom. The molecule has 4 heteroatoms. The Bertz CT molecular complexity index is 296. The third kappa shape index (κ3) is 1.66. The van der Waals surface area contributed by atoms with Gasteiger partial charge in [-0.1, -0.05) is 0 Å². The number of nitrogens with zero attached hydrogens (tertiary/aromatic N) is 1. The zero-order valence-electron chi connectivity index (χ0n) is 6.82. The zero-order valence-corrected chi connectivity index (χ0v) is 6.82. The molecule has 1 rings (SSSR count). The van der Waals surface area contributed by atoms with Crippen LogP contribution in [0, 0.1) is 0 Å². The van der Waals surface area contributed by atoms with Crippen molar-refractivity contribution in [3.8, 4) is 5.75 Å². The average molecular weight is 165 g/mol. The molecule has 12 heavy (non-hydrogen) atoms. The summed E-state index contributed by atoms with van der Waals surface area (Å²) in [5, 5.41) is 0. The number of methoxy groups -OCH3 is 1. The maximum atomic E-state index is 5.62. The van der Waals surface area contributed by atoms with E-state index in [1.165, 1.54) is 6.20 Å². The fourth-order valence-electron chi connectivity index (χ4n) is 0.836. The Hall–Kier alpha value is -1.71. The van der Waals surface area contributed by atoms with Crippen molar-refractivity contribution in [2.24, 2.45) is 5.73 Å². The summed E-state index contributed by atoms with van der Waals surface area (Å²) in [4.78, 5) is 4.03. The Balaban J connectivity index is 3.01. The lowest BCUT2D eigenvalue weighted by molar-refractivity contribution is 0.415. The number of ether oxygens (including phenoxy) is 1. The number of pyridine rings is 1. The first-order valence-electron chi connectivity index (χ1n) is 3.45. The molecular weight excluding hydrogens is 154 g/mol. The monoisotopic (exact) mass is 165 g/mol. The largest absolute Gasteiger partial charge is 0.493 e. The number of nitrogens with two attached hydrogens (primary N) is 2. The van der Waals surface area contributed by atoms with Crippen molar-refractivity contribution < 1.29 is 4.74 Å². The molecule has 4 N–H and O–H groups in total. The summed E-state index contributed by atoms with van der Waals surface area (Å²) in [6.45, 7) is 0. The summed E-state index contributed by atoms with van der Waals surface area (Å²) in [7, 11) is 1.55. The van der Waals surface area contributed by atoms with Gasteiger partial charge in [-0.2, -0.15) is 0 Å². The van der Waals surface area contributed by atoms with Gasteiger partial charge in [0.15, 0.2) is 5.75 Å². The van der Waals surface area contributed by atoms with Crippen LogP contribution >= 0.6 is 0 Å². The van der Waals surface area contributed by atoms with E-state index in [0.717, 1.165) is 5.69 Å². The van der Waals surface area contributed by atoms with E-state index >= 15 is 0 Å². The molecule has 0 aliphatic carbocycles. The predicted molar refractivity (Wildman–Crippen MR) is 48.4 cm³/mol. The van der Waals surface area contributed by atoms with Gasteiger partial charge >= 0.3 is 0 Å². The molecule has 1 heterocycles. The molecule has 0 aromatic carbocycles. The average Bonchev–Trinajstić information content (AvgIpc) is 2.05. The summed E-state index contributed by atoms with van der Waals surface area (Å²) in [5.74, 6) is 0.573. The van der Waals surface area contributed by atoms with Gasteiger partial charge in [0.2, 0.25) is 0 Å². The van der Waals surface area contributed by atoms with Crippen molar-refractivity contribution in [1.82, 2.24) is 4.98 Å². The highest BCUT2D eigenvalue weighted by Gasteiger charge is 1.98. The van der Waals surface area contributed by atoms with Crippen molar-refractivity contribution in [3.05, 3.63) is 24.2 Å². The number of rotatable bonds is 2. The van der Waals surface area contributed by atoms with Gasteiger partial charge in [-0.25, -0.2) is 0 Å². The van der Waals surface area contributed by atoms with Gasteiger partial charge in [-0.05, 0) is 18.3 Å². The summed E-state index contributed by atoms with van der Waals surface area (Å²) >= 11 is 0. The van der Waals surface area contributed by atoms with Gasteiger partial charge in [0.05, 0.1) is 24.7 Å². The van der Waals surface area contributed by atoms with Crippen LogP contribution in [-0.2, 0) is 0 Å². The van der Waals surface area contributed by atoms with E-state index in [1.54, 1.807) is 25.4 Å². The van der Waals surface area contributed by atoms with Crippen molar-refractivity contribution in [3.63, 3.8) is 0 Å². The first-order valence-corrected chi connectivity index (χ1v) is 3.45. The molecule has 0 saturated heterocycles. The maximum absolute atomic E-state index is 5.62. The summed E-state index contributed by atoms with van der Waals surface area (Å²) in [6, 6.07) is 1.70. The smallest absolute Gasteiger partial charge is 0.160 e. The SMILES string of the molecule is COc1cnc(/C=C\N)cc1N. The first kappa shape index (κ1) is 8.39. The van der Waals surface area contributed by atoms with Crippen LogP contribution in [0.5, 0.6) is 5.75 Å². The fraction of sp³-hybridized carbons (Fsp3) is 0.125. The number of aromatic nitrogens is 1. The molecule has 0 amide bonds. The summed E-state index contributed by atoms with van der Waals surface area (Å²) in [5.41, 5.74) is 12.1. The number of anilines is 1. The first-order chi connectivity index (χ1) is 5.77. The highest BCUT2D eigenvalue weighted by atomic mass is 16.5. The summed E-state index contributed by atoms with van der Waals surface area (Å²) < 4.78 is 4.94. The van der Waals surface area contributed by atoms with Crippen LogP contribution in [0.15, 0.2) is 18.5 Å². The standard InChI is InChI=1S/C8H11N3O/c1-12-8-5-11-6(2-3-9)4-7(8)10/h2-5H,9H2,1H3,(H2,10,11)/b3-2-. The molecule has 1 aromatic heterocycles. The lowest BCUT2D eigenvalue weighted by Crippen LogP contribution is -1.94. The molecule has 4 nitrogen and oxygen atoms in total. The molecule has 0 aliphatic rings. The predicted octanol–water partition coefficient (Wildman–Crippen LogP) is 0.602. The van der Waals surface area contributed by atoms with E-state index in [1.807, 2.05) is 0 Å². The molecule has 0 unspecified atom stereocenters. The Kier molecular flexibility index (Phi) is 2.53. The minimum atomic E-state index is 0.556. The highest BCUT2D eigenvalue weighted by Crippen LogP contribution is 2.19. The third-order valence-corrected chi connectivity index (χ3v) is 1.41. The van der Waals surface area contributed by atoms with Gasteiger partial charge in [0, 0.05) is 0 Å². The molecule has 0 bridgehead atoms. The summed E-state index contributed by atoms with van der Waals surface area (Å²) in [6.07, 6.45) is 4.63. The molecule has 1 aromatic rings. The van der Waals surface area contributed by atoms with E-state index < -0.39 is 0 Å². The molecule has 0 radical (unpaired) electrons. The third-order valence-electron chi connectivity index (χ3n) is 1.41. The second kappa shape index (κ2) is 3.61. The molecule has 0 saturated carbocycles. The maximum Gasteiger partial charge on any atom is 0.160 e. The minimum absolute atomic E-state index is 0.556. The molecule has 64 valence electrons. The van der Waals surface area contributed by atoms with Crippen LogP contribution in [-0.4, -0.2) is 12.1 Å². The van der Waals surface area contributed by atoms with Crippen molar-refractivity contribution in [2.75, 3.05) is 12.8 Å². The van der Waals surface area contributed by atoms with Crippen LogP contribution in [0.3, 0.4) is 0 Å². The highest BCUT2D eigenvalue weighted by molar-refractivity contribution is 5.57. The normalized spacial score (nSPS) is 10.4. The quantitative estimate of drug-likeness (QED) is 0.673. The number of hydrogen-bond acceptors (Lipinski definition) is 4. The minimum Gasteiger partial charge on any atom is -0.493 e. The molecule has 0 aliphatic heterocycles. The molecule has 0 fully saturated rings. The van der Waals surface area contributed by atoms with Crippen molar-refractivity contribution >= 4 is 11.8 Å². The van der Waals surface area contributed by atoms with Gasteiger partial charge in [-0.3, -0.25) is 4.98 Å². The topological polar surface area (TPSA) is 74.2 Å². The van der Waals surface area contributed by atoms with Crippen LogP contribution in [0.1, 0.15) is 5.69 Å². The number of hydrogen-bond donors (Lipinski definition) is 2. The number of nitrogen functional groups attached to an aromatic ring is 1. The lowest BCUT2D eigenvalue weighted by atomic mass is 10.3. The molecule has 0 spiro atoms. The van der Waals surface area contributed by atoms with Crippen molar-refractivity contribution in [2.45, 2.75) is 0 Å². The van der Waals surface area contributed by atoms with Gasteiger partial charge in [0.25, 0.3) is 0 Å². The zero-order chi connectivity index (χ0) is 8.97. The van der Waals surface area contributed by atoms with Crippen LogP contribution in [0.4, 0.5) is 5.69 Å². The van der Waals surface area contributed by atoms with Gasteiger partial charge < -0.3 is 16.2 Å². The van der Waals surface area contributed by atoms with Crippen molar-refractivity contribution in [1.29, 1.82) is 0 Å². The van der Waals surface area contributed by atoms with Crippen LogP contribution in [0.2, 0.25) is 0 Å². The van der Waals surface area contributed by atoms with E-state index in [9.17, 15) is 0 Å². The lowest BCUT2D eigenvalue weighted by Gasteiger charge is -2.03. The Morgan fingerprint density at radius 3 is 2.83 bits per heavy atom.